The Morgan fingerprint density at radius 1 is 1.39 bits per heavy atom. The summed E-state index contributed by atoms with van der Waals surface area (Å²) in [6, 6.07) is 7.44. The number of carbonyl (C=O) groups is 1. The Bertz CT molecular complexity index is 376. The fourth-order valence-electron chi connectivity index (χ4n) is 1.52. The van der Waals surface area contributed by atoms with Crippen molar-refractivity contribution in [3.8, 4) is 5.75 Å². The summed E-state index contributed by atoms with van der Waals surface area (Å²) in [5, 5.41) is 0. The van der Waals surface area contributed by atoms with Crippen LogP contribution in [-0.4, -0.2) is 30.5 Å². The van der Waals surface area contributed by atoms with E-state index in [2.05, 4.69) is 6.92 Å². The molecule has 1 aromatic rings. The van der Waals surface area contributed by atoms with E-state index in [1.54, 1.807) is 29.2 Å². The van der Waals surface area contributed by atoms with Crippen molar-refractivity contribution in [1.29, 1.82) is 0 Å². The summed E-state index contributed by atoms with van der Waals surface area (Å²) in [5.74, 6) is 0.850. The molecule has 1 atom stereocenters. The van der Waals surface area contributed by atoms with Gasteiger partial charge in [0.2, 0.25) is 5.91 Å². The lowest BCUT2D eigenvalue weighted by atomic mass is 10.2. The first-order chi connectivity index (χ1) is 8.54. The Hall–Kier alpha value is -1.71. The molecule has 0 spiro atoms. The largest absolute Gasteiger partial charge is 0.493 e. The van der Waals surface area contributed by atoms with Gasteiger partial charge in [-0.3, -0.25) is 4.79 Å². The fraction of sp³-hybridized carbons (Fsp3) is 0.500. The van der Waals surface area contributed by atoms with E-state index in [4.69, 9.17) is 10.5 Å². The molecule has 1 amide bonds. The molecule has 2 N–H and O–H groups in total. The first-order valence-electron chi connectivity index (χ1n) is 6.28. The molecule has 1 unspecified atom stereocenters. The maximum atomic E-state index is 11.8. The highest BCUT2D eigenvalue weighted by atomic mass is 16.5. The summed E-state index contributed by atoms with van der Waals surface area (Å²) in [5.41, 5.74) is 6.28. The first kappa shape index (κ1) is 14.4. The minimum absolute atomic E-state index is 0.111. The number of hydrogen-bond acceptors (Lipinski definition) is 3. The molecular weight excluding hydrogens is 228 g/mol. The van der Waals surface area contributed by atoms with Gasteiger partial charge in [0.15, 0.2) is 0 Å². The van der Waals surface area contributed by atoms with E-state index in [1.165, 1.54) is 0 Å². The van der Waals surface area contributed by atoms with E-state index < -0.39 is 0 Å². The molecule has 0 radical (unpaired) electrons. The van der Waals surface area contributed by atoms with E-state index in [-0.39, 0.29) is 11.9 Å². The van der Waals surface area contributed by atoms with Crippen molar-refractivity contribution in [3.05, 3.63) is 24.3 Å². The van der Waals surface area contributed by atoms with Crippen molar-refractivity contribution >= 4 is 11.6 Å². The smallest absolute Gasteiger partial charge is 0.225 e. The maximum Gasteiger partial charge on any atom is 0.225 e. The van der Waals surface area contributed by atoms with Crippen LogP contribution in [0.4, 0.5) is 5.69 Å². The lowest BCUT2D eigenvalue weighted by molar-refractivity contribution is -0.132. The highest BCUT2D eigenvalue weighted by Crippen LogP contribution is 2.13. The molecule has 0 aliphatic carbocycles. The van der Waals surface area contributed by atoms with Crippen LogP contribution in [0.1, 0.15) is 26.7 Å². The van der Waals surface area contributed by atoms with Gasteiger partial charge in [0.05, 0.1) is 13.0 Å². The second-order valence-electron chi connectivity index (χ2n) is 4.43. The quantitative estimate of drug-likeness (QED) is 0.788. The van der Waals surface area contributed by atoms with Crippen LogP contribution in [-0.2, 0) is 4.79 Å². The van der Waals surface area contributed by atoms with Crippen LogP contribution in [0.15, 0.2) is 24.3 Å². The van der Waals surface area contributed by atoms with Crippen LogP contribution in [0.2, 0.25) is 0 Å². The van der Waals surface area contributed by atoms with Gasteiger partial charge in [-0.15, -0.1) is 0 Å². The lowest BCUT2D eigenvalue weighted by Gasteiger charge is -2.23. The van der Waals surface area contributed by atoms with E-state index in [9.17, 15) is 4.79 Å². The van der Waals surface area contributed by atoms with Crippen LogP contribution < -0.4 is 10.5 Å². The normalized spacial score (nSPS) is 11.9. The van der Waals surface area contributed by atoms with Gasteiger partial charge in [-0.25, -0.2) is 0 Å². The molecule has 1 rings (SSSR count). The van der Waals surface area contributed by atoms with Gasteiger partial charge < -0.3 is 15.4 Å². The second-order valence-corrected chi connectivity index (χ2v) is 4.43. The van der Waals surface area contributed by atoms with Crippen molar-refractivity contribution in [2.24, 2.45) is 0 Å². The Kier molecular flexibility index (Phi) is 5.49. The van der Waals surface area contributed by atoms with Crippen LogP contribution in [0, 0.1) is 0 Å². The topological polar surface area (TPSA) is 55.6 Å². The summed E-state index contributed by atoms with van der Waals surface area (Å²) < 4.78 is 5.49. The summed E-state index contributed by atoms with van der Waals surface area (Å²) in [6.45, 7) is 4.50. The van der Waals surface area contributed by atoms with Crippen molar-refractivity contribution in [2.75, 3.05) is 19.4 Å². The molecule has 4 heteroatoms. The van der Waals surface area contributed by atoms with Gasteiger partial charge in [-0.1, -0.05) is 6.92 Å². The van der Waals surface area contributed by atoms with Crippen molar-refractivity contribution in [1.82, 2.24) is 4.90 Å². The summed E-state index contributed by atoms with van der Waals surface area (Å²) >= 11 is 0. The molecule has 4 nitrogen and oxygen atoms in total. The number of anilines is 1. The number of nitrogen functional groups attached to an aromatic ring is 1. The summed E-state index contributed by atoms with van der Waals surface area (Å²) in [4.78, 5) is 13.6. The minimum Gasteiger partial charge on any atom is -0.493 e. The number of ether oxygens (including phenoxy) is 1. The predicted octanol–water partition coefficient (Wildman–Crippen LogP) is 2.29. The van der Waals surface area contributed by atoms with Crippen LogP contribution in [0.5, 0.6) is 5.75 Å². The van der Waals surface area contributed by atoms with Gasteiger partial charge in [-0.05, 0) is 37.6 Å². The summed E-state index contributed by atoms with van der Waals surface area (Å²) in [7, 11) is 1.83. The molecule has 0 saturated carbocycles. The number of nitrogens with zero attached hydrogens (tertiary/aromatic N) is 1. The zero-order chi connectivity index (χ0) is 13.5. The summed E-state index contributed by atoms with van der Waals surface area (Å²) in [6.07, 6.45) is 1.35. The van der Waals surface area contributed by atoms with Crippen LogP contribution in [0.25, 0.3) is 0 Å². The standard InChI is InChI=1S/C14H22N2O2/c1-4-11(2)16(3)14(17)9-10-18-13-7-5-12(15)6-8-13/h5-8,11H,4,9-10,15H2,1-3H3. The molecule has 0 bridgehead atoms. The monoisotopic (exact) mass is 250 g/mol. The second kappa shape index (κ2) is 6.89. The SMILES string of the molecule is CCC(C)N(C)C(=O)CCOc1ccc(N)cc1. The third kappa shape index (κ3) is 4.28. The van der Waals surface area contributed by atoms with Crippen molar-refractivity contribution < 1.29 is 9.53 Å². The van der Waals surface area contributed by atoms with Crippen LogP contribution >= 0.6 is 0 Å². The third-order valence-corrected chi connectivity index (χ3v) is 3.11. The average molecular weight is 250 g/mol. The van der Waals surface area contributed by atoms with Gasteiger partial charge in [0.25, 0.3) is 0 Å². The zero-order valence-electron chi connectivity index (χ0n) is 11.3. The number of amides is 1. The predicted molar refractivity (Wildman–Crippen MR) is 73.5 cm³/mol. The molecule has 0 aliphatic rings. The average Bonchev–Trinajstić information content (AvgIpc) is 2.39. The van der Waals surface area contributed by atoms with E-state index in [1.807, 2.05) is 14.0 Å². The zero-order valence-corrected chi connectivity index (χ0v) is 11.3. The Balaban J connectivity index is 2.33. The van der Waals surface area contributed by atoms with Gasteiger partial charge in [0, 0.05) is 18.8 Å². The minimum atomic E-state index is 0.111. The number of hydrogen-bond donors (Lipinski definition) is 1. The van der Waals surface area contributed by atoms with Crippen molar-refractivity contribution in [2.45, 2.75) is 32.7 Å². The number of rotatable bonds is 6. The Labute approximate surface area is 109 Å². The number of carbonyl (C=O) groups excluding carboxylic acids is 1. The van der Waals surface area contributed by atoms with E-state index in [0.717, 1.165) is 12.2 Å². The Morgan fingerprint density at radius 2 is 2.00 bits per heavy atom. The number of nitrogens with two attached hydrogens (primary N) is 1. The molecule has 18 heavy (non-hydrogen) atoms. The van der Waals surface area contributed by atoms with Gasteiger partial charge in [-0.2, -0.15) is 0 Å². The Morgan fingerprint density at radius 3 is 2.56 bits per heavy atom. The fourth-order valence-corrected chi connectivity index (χ4v) is 1.52. The van der Waals surface area contributed by atoms with Gasteiger partial charge >= 0.3 is 0 Å². The molecule has 0 aromatic heterocycles. The maximum absolute atomic E-state index is 11.8. The lowest BCUT2D eigenvalue weighted by Crippen LogP contribution is -2.35. The first-order valence-corrected chi connectivity index (χ1v) is 6.28. The number of benzene rings is 1. The molecule has 0 aliphatic heterocycles. The molecule has 100 valence electrons. The van der Waals surface area contributed by atoms with E-state index >= 15 is 0 Å². The highest BCUT2D eigenvalue weighted by Gasteiger charge is 2.13. The molecular formula is C14H22N2O2. The molecule has 0 heterocycles. The third-order valence-electron chi connectivity index (χ3n) is 3.11. The highest BCUT2D eigenvalue weighted by molar-refractivity contribution is 5.76. The van der Waals surface area contributed by atoms with Gasteiger partial charge in [0.1, 0.15) is 5.75 Å². The molecule has 0 saturated heterocycles. The van der Waals surface area contributed by atoms with Crippen LogP contribution in [0.3, 0.4) is 0 Å². The molecule has 0 fully saturated rings. The van der Waals surface area contributed by atoms with E-state index in [0.29, 0.717) is 18.7 Å². The molecule has 1 aromatic carbocycles. The van der Waals surface area contributed by atoms with Crippen molar-refractivity contribution in [3.63, 3.8) is 0 Å².